The molecular formula is C9H7Br2F3O. The lowest BCUT2D eigenvalue weighted by Crippen LogP contribution is -2.07. The number of ether oxygens (including phenoxy) is 1. The number of hydrogen-bond acceptors (Lipinski definition) is 1. The van der Waals surface area contributed by atoms with E-state index in [0.29, 0.717) is 10.9 Å². The smallest absolute Gasteiger partial charge is 0.417 e. The van der Waals surface area contributed by atoms with Crippen molar-refractivity contribution in [2.45, 2.75) is 11.5 Å². The van der Waals surface area contributed by atoms with E-state index in [9.17, 15) is 13.2 Å². The molecule has 0 spiro atoms. The summed E-state index contributed by atoms with van der Waals surface area (Å²) in [7, 11) is 1.33. The number of halogens is 5. The minimum atomic E-state index is -4.38. The van der Waals surface area contributed by atoms with Gasteiger partial charge in [0.25, 0.3) is 0 Å². The number of methoxy groups -OCH3 is 1. The molecule has 0 radical (unpaired) electrons. The molecule has 0 bridgehead atoms. The summed E-state index contributed by atoms with van der Waals surface area (Å²) in [6, 6.07) is 2.52. The molecule has 84 valence electrons. The molecule has 6 heteroatoms. The van der Waals surface area contributed by atoms with Crippen LogP contribution in [0.2, 0.25) is 0 Å². The van der Waals surface area contributed by atoms with E-state index < -0.39 is 11.7 Å². The largest absolute Gasteiger partial charge is 0.497 e. The molecule has 0 aliphatic heterocycles. The summed E-state index contributed by atoms with van der Waals surface area (Å²) in [6.07, 6.45) is -4.38. The van der Waals surface area contributed by atoms with E-state index in [2.05, 4.69) is 31.9 Å². The summed E-state index contributed by atoms with van der Waals surface area (Å²) in [5, 5.41) is 0.327. The Balaban J connectivity index is 3.37. The number of benzene rings is 1. The van der Waals surface area contributed by atoms with Crippen LogP contribution in [0, 0.1) is 0 Å². The molecule has 0 fully saturated rings. The fourth-order valence-corrected chi connectivity index (χ4v) is 2.49. The van der Waals surface area contributed by atoms with Gasteiger partial charge in [0, 0.05) is 9.80 Å². The Morgan fingerprint density at radius 2 is 1.93 bits per heavy atom. The third kappa shape index (κ3) is 2.87. The van der Waals surface area contributed by atoms with Crippen LogP contribution in [0.25, 0.3) is 0 Å². The van der Waals surface area contributed by atoms with E-state index >= 15 is 0 Å². The molecule has 1 aromatic carbocycles. The van der Waals surface area contributed by atoms with E-state index in [0.717, 1.165) is 6.07 Å². The normalized spacial score (nSPS) is 11.6. The summed E-state index contributed by atoms with van der Waals surface area (Å²) >= 11 is 6.05. The van der Waals surface area contributed by atoms with Crippen LogP contribution in [0.4, 0.5) is 13.2 Å². The van der Waals surface area contributed by atoms with Gasteiger partial charge in [0.2, 0.25) is 0 Å². The number of rotatable bonds is 2. The molecule has 0 N–H and O–H groups in total. The van der Waals surface area contributed by atoms with Gasteiger partial charge in [0.1, 0.15) is 5.75 Å². The van der Waals surface area contributed by atoms with Crippen molar-refractivity contribution in [1.29, 1.82) is 0 Å². The predicted octanol–water partition coefficient (Wildman–Crippen LogP) is 4.37. The van der Waals surface area contributed by atoms with Crippen LogP contribution in [0.1, 0.15) is 11.1 Å². The second-order valence-electron chi connectivity index (χ2n) is 2.78. The zero-order valence-corrected chi connectivity index (χ0v) is 10.8. The van der Waals surface area contributed by atoms with Crippen molar-refractivity contribution in [3.8, 4) is 5.75 Å². The molecule has 1 aromatic rings. The summed E-state index contributed by atoms with van der Waals surface area (Å²) in [6.45, 7) is 0. The second kappa shape index (κ2) is 4.74. The van der Waals surface area contributed by atoms with E-state index in [-0.39, 0.29) is 10.2 Å². The second-order valence-corrected chi connectivity index (χ2v) is 4.13. The van der Waals surface area contributed by atoms with Crippen molar-refractivity contribution in [3.05, 3.63) is 27.7 Å². The molecule has 0 aliphatic rings. The molecular weight excluding hydrogens is 341 g/mol. The van der Waals surface area contributed by atoms with Crippen molar-refractivity contribution < 1.29 is 17.9 Å². The van der Waals surface area contributed by atoms with Crippen molar-refractivity contribution >= 4 is 31.9 Å². The molecule has 1 nitrogen and oxygen atoms in total. The summed E-state index contributed by atoms with van der Waals surface area (Å²) < 4.78 is 42.6. The monoisotopic (exact) mass is 346 g/mol. The van der Waals surface area contributed by atoms with Crippen molar-refractivity contribution in [3.63, 3.8) is 0 Å². The Bertz CT molecular complexity index is 363. The average Bonchev–Trinajstić information content (AvgIpc) is 2.16. The highest BCUT2D eigenvalue weighted by molar-refractivity contribution is 9.10. The van der Waals surface area contributed by atoms with E-state index in [1.165, 1.54) is 7.11 Å². The quantitative estimate of drug-likeness (QED) is 0.722. The standard InChI is InChI=1S/C9H7Br2F3O/c1-15-6-2-5(4-10)8(11)7(3-6)9(12,13)14/h2-3H,4H2,1H3. The molecule has 0 atom stereocenters. The van der Waals surface area contributed by atoms with Crippen LogP contribution in [0.15, 0.2) is 16.6 Å². The summed E-state index contributed by atoms with van der Waals surface area (Å²) in [5.74, 6) is 0.194. The van der Waals surface area contributed by atoms with Crippen molar-refractivity contribution in [1.82, 2.24) is 0 Å². The predicted molar refractivity (Wildman–Crippen MR) is 58.3 cm³/mol. The lowest BCUT2D eigenvalue weighted by Gasteiger charge is -2.13. The first-order valence-electron chi connectivity index (χ1n) is 3.89. The van der Waals surface area contributed by atoms with E-state index in [1.54, 1.807) is 6.07 Å². The van der Waals surface area contributed by atoms with Crippen molar-refractivity contribution in [2.75, 3.05) is 7.11 Å². The minimum Gasteiger partial charge on any atom is -0.497 e. The molecule has 0 aliphatic carbocycles. The Labute approximate surface area is 102 Å². The first kappa shape index (κ1) is 12.8. The maximum absolute atomic E-state index is 12.6. The van der Waals surface area contributed by atoms with Gasteiger partial charge in [-0.05, 0) is 33.6 Å². The molecule has 0 saturated carbocycles. The Morgan fingerprint density at radius 1 is 1.33 bits per heavy atom. The highest BCUT2D eigenvalue weighted by atomic mass is 79.9. The van der Waals surface area contributed by atoms with Gasteiger partial charge >= 0.3 is 6.18 Å². The van der Waals surface area contributed by atoms with Crippen LogP contribution in [-0.4, -0.2) is 7.11 Å². The number of alkyl halides is 4. The highest BCUT2D eigenvalue weighted by Crippen LogP contribution is 2.39. The molecule has 15 heavy (non-hydrogen) atoms. The summed E-state index contributed by atoms with van der Waals surface area (Å²) in [4.78, 5) is 0. The zero-order chi connectivity index (χ0) is 11.6. The van der Waals surface area contributed by atoms with Crippen LogP contribution in [0.3, 0.4) is 0 Å². The van der Waals surface area contributed by atoms with Crippen LogP contribution >= 0.6 is 31.9 Å². The Kier molecular flexibility index (Phi) is 4.06. The van der Waals surface area contributed by atoms with Gasteiger partial charge in [-0.15, -0.1) is 0 Å². The summed E-state index contributed by atoms with van der Waals surface area (Å²) in [5.41, 5.74) is -0.224. The van der Waals surface area contributed by atoms with Gasteiger partial charge in [0.15, 0.2) is 0 Å². The average molecular weight is 348 g/mol. The minimum absolute atomic E-state index is 0.0488. The fourth-order valence-electron chi connectivity index (χ4n) is 1.08. The molecule has 0 amide bonds. The molecule has 0 saturated heterocycles. The first-order chi connectivity index (χ1) is 6.90. The molecule has 1 rings (SSSR count). The van der Waals surface area contributed by atoms with Gasteiger partial charge in [-0.3, -0.25) is 0 Å². The topological polar surface area (TPSA) is 9.23 Å². The van der Waals surface area contributed by atoms with Gasteiger partial charge in [-0.2, -0.15) is 13.2 Å². The van der Waals surface area contributed by atoms with Crippen LogP contribution < -0.4 is 4.74 Å². The Hall–Kier alpha value is -0.230. The maximum Gasteiger partial charge on any atom is 0.417 e. The third-order valence-corrected chi connectivity index (χ3v) is 3.35. The lowest BCUT2D eigenvalue weighted by atomic mass is 10.1. The molecule has 0 aromatic heterocycles. The fraction of sp³-hybridized carbons (Fsp3) is 0.333. The van der Waals surface area contributed by atoms with Crippen LogP contribution in [0.5, 0.6) is 5.75 Å². The van der Waals surface area contributed by atoms with Crippen molar-refractivity contribution in [2.24, 2.45) is 0 Å². The molecule has 0 unspecified atom stereocenters. The van der Waals surface area contributed by atoms with E-state index in [1.807, 2.05) is 0 Å². The Morgan fingerprint density at radius 3 is 2.33 bits per heavy atom. The highest BCUT2D eigenvalue weighted by Gasteiger charge is 2.34. The van der Waals surface area contributed by atoms with E-state index in [4.69, 9.17) is 4.74 Å². The first-order valence-corrected chi connectivity index (χ1v) is 5.81. The number of hydrogen-bond donors (Lipinski definition) is 0. The third-order valence-electron chi connectivity index (χ3n) is 1.81. The molecule has 0 heterocycles. The van der Waals surface area contributed by atoms with Gasteiger partial charge in [-0.1, -0.05) is 15.9 Å². The van der Waals surface area contributed by atoms with Gasteiger partial charge < -0.3 is 4.74 Å². The zero-order valence-electron chi connectivity index (χ0n) is 7.66. The SMILES string of the molecule is COc1cc(CBr)c(Br)c(C(F)(F)F)c1. The van der Waals surface area contributed by atoms with Crippen LogP contribution in [-0.2, 0) is 11.5 Å². The maximum atomic E-state index is 12.6. The lowest BCUT2D eigenvalue weighted by molar-refractivity contribution is -0.138. The van der Waals surface area contributed by atoms with Gasteiger partial charge in [-0.25, -0.2) is 0 Å². The van der Waals surface area contributed by atoms with Gasteiger partial charge in [0.05, 0.1) is 12.7 Å².